The largest absolute Gasteiger partial charge is 0.444 e. The third-order valence-corrected chi connectivity index (χ3v) is 4.63. The van der Waals surface area contributed by atoms with Gasteiger partial charge in [0.15, 0.2) is 0 Å². The number of alkyl carbamates (subject to hydrolysis) is 1. The molecular formula is C24H43N5O3. The van der Waals surface area contributed by atoms with Crippen molar-refractivity contribution in [3.63, 3.8) is 0 Å². The summed E-state index contributed by atoms with van der Waals surface area (Å²) in [5.41, 5.74) is 5.82. The Labute approximate surface area is 193 Å². The van der Waals surface area contributed by atoms with Gasteiger partial charge in [0.25, 0.3) is 0 Å². The van der Waals surface area contributed by atoms with Crippen molar-refractivity contribution in [2.45, 2.75) is 64.5 Å². The van der Waals surface area contributed by atoms with Crippen molar-refractivity contribution >= 4 is 12.0 Å². The Hall–Kier alpha value is -2.16. The molecule has 0 spiro atoms. The van der Waals surface area contributed by atoms with Gasteiger partial charge < -0.3 is 31.7 Å². The first-order chi connectivity index (χ1) is 15.3. The van der Waals surface area contributed by atoms with Crippen LogP contribution in [0.3, 0.4) is 0 Å². The zero-order valence-corrected chi connectivity index (χ0v) is 20.0. The number of carbonyl (C=O) groups is 2. The van der Waals surface area contributed by atoms with Crippen molar-refractivity contribution in [2.24, 2.45) is 5.73 Å². The molecular weight excluding hydrogens is 406 g/mol. The first-order valence-electron chi connectivity index (χ1n) is 11.7. The third-order valence-electron chi connectivity index (χ3n) is 4.63. The molecule has 8 heteroatoms. The van der Waals surface area contributed by atoms with Crippen molar-refractivity contribution in [1.29, 1.82) is 0 Å². The van der Waals surface area contributed by atoms with Crippen molar-refractivity contribution < 1.29 is 14.3 Å². The van der Waals surface area contributed by atoms with Crippen LogP contribution < -0.4 is 27.0 Å². The van der Waals surface area contributed by atoms with Crippen LogP contribution in [-0.4, -0.2) is 62.9 Å². The first-order valence-corrected chi connectivity index (χ1v) is 11.7. The van der Waals surface area contributed by atoms with Gasteiger partial charge in [-0.15, -0.1) is 0 Å². The molecule has 0 aliphatic rings. The van der Waals surface area contributed by atoms with E-state index in [0.29, 0.717) is 13.0 Å². The van der Waals surface area contributed by atoms with Gasteiger partial charge in [0.1, 0.15) is 11.6 Å². The number of rotatable bonds is 16. The first kappa shape index (κ1) is 27.9. The summed E-state index contributed by atoms with van der Waals surface area (Å²) in [6.45, 7) is 10.5. The van der Waals surface area contributed by atoms with Crippen LogP contribution in [-0.2, 0) is 16.0 Å². The number of hydrogen-bond acceptors (Lipinski definition) is 6. The van der Waals surface area contributed by atoms with Crippen LogP contribution in [0.15, 0.2) is 30.3 Å². The molecule has 0 saturated carbocycles. The number of hydrogen-bond donors (Lipinski definition) is 5. The van der Waals surface area contributed by atoms with Gasteiger partial charge in [0.2, 0.25) is 5.91 Å². The van der Waals surface area contributed by atoms with E-state index in [0.717, 1.165) is 64.0 Å². The van der Waals surface area contributed by atoms with E-state index in [1.807, 2.05) is 30.3 Å². The number of benzene rings is 1. The monoisotopic (exact) mass is 449 g/mol. The van der Waals surface area contributed by atoms with Crippen LogP contribution in [0.1, 0.15) is 52.0 Å². The highest BCUT2D eigenvalue weighted by atomic mass is 16.6. The maximum Gasteiger partial charge on any atom is 0.408 e. The Bertz CT molecular complexity index is 634. The zero-order chi connectivity index (χ0) is 23.7. The Morgan fingerprint density at radius 2 is 1.50 bits per heavy atom. The van der Waals surface area contributed by atoms with Gasteiger partial charge in [-0.3, -0.25) is 4.79 Å². The summed E-state index contributed by atoms with van der Waals surface area (Å²) in [5.74, 6) is -0.205. The van der Waals surface area contributed by atoms with Gasteiger partial charge in [-0.1, -0.05) is 30.3 Å². The molecule has 0 heterocycles. The highest BCUT2D eigenvalue weighted by Gasteiger charge is 2.24. The number of unbranched alkanes of at least 4 members (excludes halogenated alkanes) is 1. The third kappa shape index (κ3) is 14.8. The molecule has 1 atom stereocenters. The summed E-state index contributed by atoms with van der Waals surface area (Å²) in [4.78, 5) is 24.9. The molecule has 0 saturated heterocycles. The quantitative estimate of drug-likeness (QED) is 0.246. The predicted molar refractivity (Wildman–Crippen MR) is 130 cm³/mol. The lowest BCUT2D eigenvalue weighted by atomic mass is 10.1. The van der Waals surface area contributed by atoms with Gasteiger partial charge >= 0.3 is 6.09 Å². The van der Waals surface area contributed by atoms with Crippen molar-refractivity contribution in [3.8, 4) is 0 Å². The summed E-state index contributed by atoms with van der Waals surface area (Å²) in [5, 5.41) is 12.4. The highest BCUT2D eigenvalue weighted by molar-refractivity contribution is 5.86. The Morgan fingerprint density at radius 3 is 2.09 bits per heavy atom. The summed E-state index contributed by atoms with van der Waals surface area (Å²) >= 11 is 0. The lowest BCUT2D eigenvalue weighted by molar-refractivity contribution is -0.123. The molecule has 0 radical (unpaired) electrons. The summed E-state index contributed by atoms with van der Waals surface area (Å²) in [6, 6.07) is 8.95. The van der Waals surface area contributed by atoms with Gasteiger partial charge in [0, 0.05) is 13.0 Å². The van der Waals surface area contributed by atoms with E-state index >= 15 is 0 Å². The molecule has 6 N–H and O–H groups in total. The molecule has 1 rings (SSSR count). The van der Waals surface area contributed by atoms with Crippen LogP contribution >= 0.6 is 0 Å². The number of nitrogens with two attached hydrogens (primary N) is 1. The van der Waals surface area contributed by atoms with E-state index in [2.05, 4.69) is 21.3 Å². The zero-order valence-electron chi connectivity index (χ0n) is 20.0. The van der Waals surface area contributed by atoms with Gasteiger partial charge in [0.05, 0.1) is 0 Å². The Kier molecular flexibility index (Phi) is 14.3. The average molecular weight is 450 g/mol. The van der Waals surface area contributed by atoms with E-state index in [1.165, 1.54) is 0 Å². The molecule has 0 fully saturated rings. The molecule has 1 aromatic rings. The Balaban J connectivity index is 2.30. The SMILES string of the molecule is CC(C)(C)OC(=O)N[C@@H](Cc1ccccc1)C(=O)NCCCNCCCCNCCCN. The van der Waals surface area contributed by atoms with Crippen LogP contribution in [0.4, 0.5) is 4.79 Å². The van der Waals surface area contributed by atoms with Crippen LogP contribution in [0, 0.1) is 0 Å². The molecule has 0 bridgehead atoms. The number of ether oxygens (including phenoxy) is 1. The second kappa shape index (κ2) is 16.5. The lowest BCUT2D eigenvalue weighted by Crippen LogP contribution is -2.49. The number of amides is 2. The van der Waals surface area contributed by atoms with Crippen molar-refractivity contribution in [1.82, 2.24) is 21.3 Å². The standard InChI is InChI=1S/C24H43N5O3/c1-24(2,3)32-23(31)29-21(19-20-11-5-4-6-12-20)22(30)28-18-10-17-27-15-8-7-14-26-16-9-13-25/h4-6,11-12,21,26-27H,7-10,13-19,25H2,1-3H3,(H,28,30)(H,29,31)/t21-/m0/s1. The fourth-order valence-electron chi connectivity index (χ4n) is 3.03. The molecule has 32 heavy (non-hydrogen) atoms. The number of nitrogens with one attached hydrogen (secondary N) is 4. The maximum atomic E-state index is 12.7. The minimum absolute atomic E-state index is 0.205. The molecule has 0 aliphatic heterocycles. The highest BCUT2D eigenvalue weighted by Crippen LogP contribution is 2.08. The summed E-state index contributed by atoms with van der Waals surface area (Å²) < 4.78 is 5.32. The normalized spacial score (nSPS) is 12.2. The molecule has 182 valence electrons. The summed E-state index contributed by atoms with van der Waals surface area (Å²) in [6.07, 6.45) is 3.90. The fraction of sp³-hybridized carbons (Fsp3) is 0.667. The molecule has 0 unspecified atom stereocenters. The molecule has 2 amide bonds. The topological polar surface area (TPSA) is 118 Å². The van der Waals surface area contributed by atoms with E-state index in [-0.39, 0.29) is 5.91 Å². The number of carbonyl (C=O) groups excluding carboxylic acids is 2. The average Bonchev–Trinajstić information content (AvgIpc) is 2.73. The molecule has 1 aromatic carbocycles. The van der Waals surface area contributed by atoms with Crippen LogP contribution in [0.5, 0.6) is 0 Å². The van der Waals surface area contributed by atoms with E-state index in [1.54, 1.807) is 20.8 Å². The molecule has 8 nitrogen and oxygen atoms in total. The summed E-state index contributed by atoms with van der Waals surface area (Å²) in [7, 11) is 0. The van der Waals surface area contributed by atoms with Gasteiger partial charge in [-0.25, -0.2) is 4.79 Å². The smallest absolute Gasteiger partial charge is 0.408 e. The molecule has 0 aliphatic carbocycles. The van der Waals surface area contributed by atoms with E-state index in [4.69, 9.17) is 10.5 Å². The fourth-order valence-corrected chi connectivity index (χ4v) is 3.03. The van der Waals surface area contributed by atoms with E-state index in [9.17, 15) is 9.59 Å². The van der Waals surface area contributed by atoms with Crippen LogP contribution in [0.25, 0.3) is 0 Å². The molecule has 0 aromatic heterocycles. The van der Waals surface area contributed by atoms with Gasteiger partial charge in [-0.05, 0) is 84.7 Å². The minimum Gasteiger partial charge on any atom is -0.444 e. The second-order valence-corrected chi connectivity index (χ2v) is 8.88. The van der Waals surface area contributed by atoms with Crippen molar-refractivity contribution in [3.05, 3.63) is 35.9 Å². The van der Waals surface area contributed by atoms with Crippen molar-refractivity contribution in [2.75, 3.05) is 39.3 Å². The van der Waals surface area contributed by atoms with Gasteiger partial charge in [-0.2, -0.15) is 0 Å². The van der Waals surface area contributed by atoms with Crippen LogP contribution in [0.2, 0.25) is 0 Å². The minimum atomic E-state index is -0.688. The maximum absolute atomic E-state index is 12.7. The van der Waals surface area contributed by atoms with E-state index < -0.39 is 17.7 Å². The lowest BCUT2D eigenvalue weighted by Gasteiger charge is -2.23. The Morgan fingerprint density at radius 1 is 0.906 bits per heavy atom. The second-order valence-electron chi connectivity index (χ2n) is 8.88. The predicted octanol–water partition coefficient (Wildman–Crippen LogP) is 1.94.